The van der Waals surface area contributed by atoms with E-state index in [9.17, 15) is 5.11 Å². The van der Waals surface area contributed by atoms with Gasteiger partial charge in [0.2, 0.25) is 0 Å². The van der Waals surface area contributed by atoms with E-state index < -0.39 is 0 Å². The van der Waals surface area contributed by atoms with Crippen molar-refractivity contribution in [2.75, 3.05) is 6.61 Å². The molecule has 2 atom stereocenters. The minimum absolute atomic E-state index is 0.0744. The molecule has 0 aromatic carbocycles. The van der Waals surface area contributed by atoms with E-state index in [-0.39, 0.29) is 12.2 Å². The fourth-order valence-electron chi connectivity index (χ4n) is 2.06. The molecule has 0 heterocycles. The Morgan fingerprint density at radius 2 is 2.14 bits per heavy atom. The Balaban J connectivity index is 2.33. The maximum absolute atomic E-state index is 9.78. The van der Waals surface area contributed by atoms with Crippen molar-refractivity contribution in [2.24, 2.45) is 5.41 Å². The van der Waals surface area contributed by atoms with Crippen LogP contribution in [0.15, 0.2) is 0 Å². The molecule has 1 aliphatic carbocycles. The summed E-state index contributed by atoms with van der Waals surface area (Å²) >= 11 is 0. The summed E-state index contributed by atoms with van der Waals surface area (Å²) in [7, 11) is 0. The number of hydrogen-bond acceptors (Lipinski definition) is 2. The van der Waals surface area contributed by atoms with Crippen LogP contribution in [0.5, 0.6) is 0 Å². The molecule has 0 radical (unpaired) electrons. The fourth-order valence-corrected chi connectivity index (χ4v) is 2.06. The minimum atomic E-state index is -0.236. The second-order valence-corrected chi connectivity index (χ2v) is 5.24. The average Bonchev–Trinajstić information content (AvgIpc) is 2.11. The molecule has 0 amide bonds. The summed E-state index contributed by atoms with van der Waals surface area (Å²) in [5.41, 5.74) is 0.343. The molecule has 2 nitrogen and oxygen atoms in total. The molecule has 14 heavy (non-hydrogen) atoms. The van der Waals surface area contributed by atoms with Crippen molar-refractivity contribution in [3.8, 4) is 0 Å². The Morgan fingerprint density at radius 3 is 2.79 bits per heavy atom. The molecule has 2 heteroatoms. The Kier molecular flexibility index (Phi) is 4.39. The topological polar surface area (TPSA) is 29.5 Å². The predicted molar refractivity (Wildman–Crippen MR) is 58.3 cm³/mol. The summed E-state index contributed by atoms with van der Waals surface area (Å²) in [5, 5.41) is 9.78. The van der Waals surface area contributed by atoms with Crippen molar-refractivity contribution in [3.63, 3.8) is 0 Å². The van der Waals surface area contributed by atoms with Crippen LogP contribution in [0.1, 0.15) is 52.9 Å². The molecule has 1 aliphatic rings. The molecule has 0 aromatic rings. The summed E-state index contributed by atoms with van der Waals surface area (Å²) in [5.74, 6) is 0. The molecule has 0 saturated heterocycles. The van der Waals surface area contributed by atoms with Crippen LogP contribution in [0.4, 0.5) is 0 Å². The van der Waals surface area contributed by atoms with Crippen LogP contribution in [-0.2, 0) is 4.74 Å². The van der Waals surface area contributed by atoms with Gasteiger partial charge in [-0.15, -0.1) is 0 Å². The minimum Gasteiger partial charge on any atom is -0.390 e. The molecule has 0 aliphatic heterocycles. The Labute approximate surface area is 87.7 Å². The maximum Gasteiger partial charge on any atom is 0.0839 e. The number of hydrogen-bond donors (Lipinski definition) is 1. The smallest absolute Gasteiger partial charge is 0.0839 e. The summed E-state index contributed by atoms with van der Waals surface area (Å²) in [4.78, 5) is 0. The first-order chi connectivity index (χ1) is 6.55. The SMILES string of the molecule is CCCCOC1CC(C)(C)CCC1O. The third kappa shape index (κ3) is 3.58. The number of ether oxygens (including phenoxy) is 1. The highest BCUT2D eigenvalue weighted by molar-refractivity contribution is 4.85. The molecule has 0 aromatic heterocycles. The van der Waals surface area contributed by atoms with Gasteiger partial charge in [0.15, 0.2) is 0 Å². The molecule has 0 spiro atoms. The van der Waals surface area contributed by atoms with Gasteiger partial charge in [-0.1, -0.05) is 27.2 Å². The lowest BCUT2D eigenvalue weighted by atomic mass is 9.75. The van der Waals surface area contributed by atoms with Gasteiger partial charge in [0.05, 0.1) is 12.2 Å². The molecular weight excluding hydrogens is 176 g/mol. The van der Waals surface area contributed by atoms with Crippen molar-refractivity contribution >= 4 is 0 Å². The van der Waals surface area contributed by atoms with Crippen LogP contribution in [0, 0.1) is 5.41 Å². The number of rotatable bonds is 4. The van der Waals surface area contributed by atoms with Crippen LogP contribution < -0.4 is 0 Å². The summed E-state index contributed by atoms with van der Waals surface area (Å²) in [6.07, 6.45) is 5.10. The molecule has 0 bridgehead atoms. The lowest BCUT2D eigenvalue weighted by molar-refractivity contribution is -0.0863. The van der Waals surface area contributed by atoms with Crippen molar-refractivity contribution in [1.82, 2.24) is 0 Å². The van der Waals surface area contributed by atoms with Crippen molar-refractivity contribution in [1.29, 1.82) is 0 Å². The molecule has 2 unspecified atom stereocenters. The van der Waals surface area contributed by atoms with Gasteiger partial charge >= 0.3 is 0 Å². The van der Waals surface area contributed by atoms with E-state index in [2.05, 4.69) is 20.8 Å². The molecule has 1 N–H and O–H groups in total. The van der Waals surface area contributed by atoms with Gasteiger partial charge in [0.25, 0.3) is 0 Å². The first-order valence-electron chi connectivity index (χ1n) is 5.85. The van der Waals surface area contributed by atoms with E-state index >= 15 is 0 Å². The van der Waals surface area contributed by atoms with E-state index in [1.54, 1.807) is 0 Å². The first kappa shape index (κ1) is 12.0. The van der Waals surface area contributed by atoms with Crippen molar-refractivity contribution < 1.29 is 9.84 Å². The average molecular weight is 200 g/mol. The molecule has 1 rings (SSSR count). The highest BCUT2D eigenvalue weighted by atomic mass is 16.5. The second-order valence-electron chi connectivity index (χ2n) is 5.24. The molecule has 1 saturated carbocycles. The zero-order valence-electron chi connectivity index (χ0n) is 9.75. The lowest BCUT2D eigenvalue weighted by Crippen LogP contribution is -2.39. The lowest BCUT2D eigenvalue weighted by Gasteiger charge is -2.38. The van der Waals surface area contributed by atoms with E-state index in [1.807, 2.05) is 0 Å². The fraction of sp³-hybridized carbons (Fsp3) is 1.00. The van der Waals surface area contributed by atoms with Crippen LogP contribution in [0.25, 0.3) is 0 Å². The van der Waals surface area contributed by atoms with Gasteiger partial charge in [0.1, 0.15) is 0 Å². The Morgan fingerprint density at radius 1 is 1.43 bits per heavy atom. The number of unbranched alkanes of at least 4 members (excludes halogenated alkanes) is 1. The van der Waals surface area contributed by atoms with E-state index in [0.717, 1.165) is 38.7 Å². The van der Waals surface area contributed by atoms with Crippen LogP contribution >= 0.6 is 0 Å². The third-order valence-electron chi connectivity index (χ3n) is 3.13. The summed E-state index contributed by atoms with van der Waals surface area (Å²) in [6.45, 7) is 7.48. The van der Waals surface area contributed by atoms with Crippen molar-refractivity contribution in [2.45, 2.75) is 65.1 Å². The third-order valence-corrected chi connectivity index (χ3v) is 3.13. The normalized spacial score (nSPS) is 31.7. The zero-order chi connectivity index (χ0) is 10.6. The number of aliphatic hydroxyl groups is 1. The van der Waals surface area contributed by atoms with Crippen LogP contribution in [0.3, 0.4) is 0 Å². The molecule has 84 valence electrons. The first-order valence-corrected chi connectivity index (χ1v) is 5.85. The quantitative estimate of drug-likeness (QED) is 0.707. The highest BCUT2D eigenvalue weighted by Gasteiger charge is 2.34. The largest absolute Gasteiger partial charge is 0.390 e. The summed E-state index contributed by atoms with van der Waals surface area (Å²) < 4.78 is 5.72. The van der Waals surface area contributed by atoms with Crippen LogP contribution in [-0.4, -0.2) is 23.9 Å². The standard InChI is InChI=1S/C12H24O2/c1-4-5-8-14-11-9-12(2,3)7-6-10(11)13/h10-11,13H,4-9H2,1-3H3. The van der Waals surface area contributed by atoms with E-state index in [4.69, 9.17) is 4.74 Å². The maximum atomic E-state index is 9.78. The Hall–Kier alpha value is -0.0800. The Bertz CT molecular complexity index is 166. The van der Waals surface area contributed by atoms with Gasteiger partial charge in [-0.2, -0.15) is 0 Å². The van der Waals surface area contributed by atoms with E-state index in [1.165, 1.54) is 0 Å². The van der Waals surface area contributed by atoms with Crippen LogP contribution in [0.2, 0.25) is 0 Å². The number of aliphatic hydroxyl groups excluding tert-OH is 1. The molecular formula is C12H24O2. The van der Waals surface area contributed by atoms with E-state index in [0.29, 0.717) is 5.41 Å². The van der Waals surface area contributed by atoms with Gasteiger partial charge < -0.3 is 9.84 Å². The predicted octanol–water partition coefficient (Wildman–Crippen LogP) is 2.74. The van der Waals surface area contributed by atoms with Gasteiger partial charge in [-0.25, -0.2) is 0 Å². The highest BCUT2D eigenvalue weighted by Crippen LogP contribution is 2.36. The second kappa shape index (κ2) is 5.13. The zero-order valence-corrected chi connectivity index (χ0v) is 9.75. The van der Waals surface area contributed by atoms with Crippen molar-refractivity contribution in [3.05, 3.63) is 0 Å². The molecule has 1 fully saturated rings. The van der Waals surface area contributed by atoms with Gasteiger partial charge in [0, 0.05) is 6.61 Å². The summed E-state index contributed by atoms with van der Waals surface area (Å²) in [6, 6.07) is 0. The monoisotopic (exact) mass is 200 g/mol. The van der Waals surface area contributed by atoms with Gasteiger partial charge in [-0.3, -0.25) is 0 Å². The van der Waals surface area contributed by atoms with Gasteiger partial charge in [-0.05, 0) is 31.1 Å².